The van der Waals surface area contributed by atoms with E-state index in [1.807, 2.05) is 4.57 Å². The summed E-state index contributed by atoms with van der Waals surface area (Å²) in [5, 5.41) is 12.8. The lowest BCUT2D eigenvalue weighted by atomic mass is 10.1. The summed E-state index contributed by atoms with van der Waals surface area (Å²) in [6, 6.07) is 4.41. The molecule has 1 aromatic carbocycles. The van der Waals surface area contributed by atoms with Gasteiger partial charge in [0.15, 0.2) is 5.82 Å². The van der Waals surface area contributed by atoms with Crippen molar-refractivity contribution in [3.8, 4) is 28.7 Å². The van der Waals surface area contributed by atoms with Crippen molar-refractivity contribution in [2.24, 2.45) is 0 Å². The number of rotatable bonds is 3. The lowest BCUT2D eigenvalue weighted by Gasteiger charge is -2.09. The van der Waals surface area contributed by atoms with E-state index in [1.54, 1.807) is 13.0 Å². The molecule has 0 spiro atoms. The molecule has 11 heteroatoms. The van der Waals surface area contributed by atoms with Crippen LogP contribution in [0.3, 0.4) is 0 Å². The minimum atomic E-state index is -4.44. The SMILES string of the molecule is Cc1c(-c2ncnn2CC(F)(F)F)nc2n1CCOc1cc(C(=O)O)ccc1-2. The number of carboxylic acid groups (broad SMARTS) is 1. The summed E-state index contributed by atoms with van der Waals surface area (Å²) in [5.74, 6) is -0.249. The molecule has 1 aliphatic rings. The smallest absolute Gasteiger partial charge is 0.408 e. The van der Waals surface area contributed by atoms with Crippen LogP contribution in [0.5, 0.6) is 5.75 Å². The van der Waals surface area contributed by atoms with Gasteiger partial charge in [0.1, 0.15) is 36.7 Å². The van der Waals surface area contributed by atoms with E-state index in [9.17, 15) is 18.0 Å². The second-order valence-electron chi connectivity index (χ2n) is 6.24. The van der Waals surface area contributed by atoms with Crippen molar-refractivity contribution < 1.29 is 27.8 Å². The van der Waals surface area contributed by atoms with Crippen LogP contribution in [-0.4, -0.2) is 48.2 Å². The third-order valence-electron chi connectivity index (χ3n) is 4.42. The van der Waals surface area contributed by atoms with Gasteiger partial charge in [0.2, 0.25) is 0 Å². The summed E-state index contributed by atoms with van der Waals surface area (Å²) in [6.45, 7) is 1.12. The van der Waals surface area contributed by atoms with Gasteiger partial charge in [0.25, 0.3) is 0 Å². The second kappa shape index (κ2) is 6.36. The number of carbonyl (C=O) groups is 1. The zero-order valence-electron chi connectivity index (χ0n) is 14.6. The van der Waals surface area contributed by atoms with Crippen LogP contribution in [0.2, 0.25) is 0 Å². The van der Waals surface area contributed by atoms with Crippen molar-refractivity contribution in [3.05, 3.63) is 35.8 Å². The quantitative estimate of drug-likeness (QED) is 0.735. The average Bonchev–Trinajstić information content (AvgIpc) is 3.12. The Morgan fingerprint density at radius 1 is 1.32 bits per heavy atom. The van der Waals surface area contributed by atoms with Gasteiger partial charge >= 0.3 is 12.1 Å². The lowest BCUT2D eigenvalue weighted by molar-refractivity contribution is -0.142. The molecule has 8 nitrogen and oxygen atoms in total. The molecule has 0 amide bonds. The number of benzene rings is 1. The number of alkyl halides is 3. The van der Waals surface area contributed by atoms with E-state index >= 15 is 0 Å². The minimum Gasteiger partial charge on any atom is -0.491 e. The Morgan fingerprint density at radius 3 is 2.82 bits per heavy atom. The van der Waals surface area contributed by atoms with E-state index in [1.165, 1.54) is 12.1 Å². The number of aromatic carboxylic acids is 1. The molecule has 0 aliphatic carbocycles. The first-order valence-electron chi connectivity index (χ1n) is 8.27. The van der Waals surface area contributed by atoms with Gasteiger partial charge in [-0.1, -0.05) is 0 Å². The largest absolute Gasteiger partial charge is 0.491 e. The predicted octanol–water partition coefficient (Wildman–Crippen LogP) is 2.77. The number of nitrogens with zero attached hydrogens (tertiary/aromatic N) is 5. The van der Waals surface area contributed by atoms with E-state index < -0.39 is 18.7 Å². The Labute approximate surface area is 156 Å². The van der Waals surface area contributed by atoms with E-state index in [0.717, 1.165) is 11.0 Å². The molecule has 0 fully saturated rings. The molecule has 28 heavy (non-hydrogen) atoms. The Kier molecular flexibility index (Phi) is 4.09. The molecule has 0 unspecified atom stereocenters. The van der Waals surface area contributed by atoms with Gasteiger partial charge in [-0.2, -0.15) is 18.3 Å². The van der Waals surface area contributed by atoms with Gasteiger partial charge in [-0.15, -0.1) is 0 Å². The van der Waals surface area contributed by atoms with Gasteiger partial charge in [0.05, 0.1) is 17.7 Å². The molecule has 3 aromatic rings. The summed E-state index contributed by atoms with van der Waals surface area (Å²) in [6.07, 6.45) is -3.39. The molecule has 1 aliphatic heterocycles. The van der Waals surface area contributed by atoms with Gasteiger partial charge < -0.3 is 14.4 Å². The topological polar surface area (TPSA) is 95.1 Å². The Hall–Kier alpha value is -3.37. The van der Waals surface area contributed by atoms with Gasteiger partial charge in [0, 0.05) is 5.69 Å². The Balaban J connectivity index is 1.84. The molecule has 146 valence electrons. The maximum absolute atomic E-state index is 12.8. The first kappa shape index (κ1) is 18.0. The van der Waals surface area contributed by atoms with E-state index in [-0.39, 0.29) is 23.7 Å². The monoisotopic (exact) mass is 393 g/mol. The molecular weight excluding hydrogens is 379 g/mol. The molecule has 0 saturated carbocycles. The highest BCUT2D eigenvalue weighted by Gasteiger charge is 2.31. The van der Waals surface area contributed by atoms with Crippen LogP contribution in [-0.2, 0) is 13.1 Å². The fraction of sp³-hybridized carbons (Fsp3) is 0.294. The van der Waals surface area contributed by atoms with Crippen LogP contribution in [0.15, 0.2) is 24.5 Å². The van der Waals surface area contributed by atoms with Crippen molar-refractivity contribution in [1.82, 2.24) is 24.3 Å². The van der Waals surface area contributed by atoms with Crippen molar-refractivity contribution >= 4 is 5.97 Å². The zero-order chi connectivity index (χ0) is 20.1. The van der Waals surface area contributed by atoms with Crippen molar-refractivity contribution in [2.45, 2.75) is 26.2 Å². The van der Waals surface area contributed by atoms with Crippen LogP contribution >= 0.6 is 0 Å². The van der Waals surface area contributed by atoms with Gasteiger partial charge in [-0.3, -0.25) is 0 Å². The fourth-order valence-corrected chi connectivity index (χ4v) is 3.16. The highest BCUT2D eigenvalue weighted by molar-refractivity contribution is 5.89. The molecule has 0 radical (unpaired) electrons. The first-order valence-corrected chi connectivity index (χ1v) is 8.27. The van der Waals surface area contributed by atoms with Crippen LogP contribution in [0, 0.1) is 6.92 Å². The highest BCUT2D eigenvalue weighted by atomic mass is 19.4. The molecule has 3 heterocycles. The van der Waals surface area contributed by atoms with Crippen LogP contribution < -0.4 is 4.74 Å². The van der Waals surface area contributed by atoms with Gasteiger partial charge in [-0.05, 0) is 25.1 Å². The average molecular weight is 393 g/mol. The standard InChI is InChI=1S/C17H14F3N5O3/c1-9-13(15-21-8-22-25(15)7-17(18,19)20)23-14-11-3-2-10(16(26)27)6-12(11)28-5-4-24(9)14/h2-3,6,8H,4-5,7H2,1H3,(H,26,27). The zero-order valence-corrected chi connectivity index (χ0v) is 14.6. The maximum atomic E-state index is 12.8. The van der Waals surface area contributed by atoms with E-state index in [2.05, 4.69) is 15.1 Å². The van der Waals surface area contributed by atoms with Crippen LogP contribution in [0.25, 0.3) is 22.9 Å². The molecule has 0 saturated heterocycles. The number of halogens is 3. The Bertz CT molecular complexity index is 1070. The van der Waals surface area contributed by atoms with E-state index in [4.69, 9.17) is 9.84 Å². The molecular formula is C17H14F3N5O3. The number of aromatic nitrogens is 5. The van der Waals surface area contributed by atoms with Crippen LogP contribution in [0.1, 0.15) is 16.1 Å². The molecule has 0 bridgehead atoms. The first-order chi connectivity index (χ1) is 13.2. The Morgan fingerprint density at radius 2 is 2.11 bits per heavy atom. The summed E-state index contributed by atoms with van der Waals surface area (Å²) >= 11 is 0. The molecule has 2 aromatic heterocycles. The molecule has 4 rings (SSSR count). The molecule has 0 atom stereocenters. The van der Waals surface area contributed by atoms with Crippen molar-refractivity contribution in [2.75, 3.05) is 6.61 Å². The number of ether oxygens (including phenoxy) is 1. The number of hydrogen-bond acceptors (Lipinski definition) is 5. The van der Waals surface area contributed by atoms with Gasteiger partial charge in [-0.25, -0.2) is 19.4 Å². The fourth-order valence-electron chi connectivity index (χ4n) is 3.16. The number of hydrogen-bond donors (Lipinski definition) is 1. The summed E-state index contributed by atoms with van der Waals surface area (Å²) in [5.41, 5.74) is 1.52. The van der Waals surface area contributed by atoms with Crippen LogP contribution in [0.4, 0.5) is 13.2 Å². The van der Waals surface area contributed by atoms with Crippen molar-refractivity contribution in [3.63, 3.8) is 0 Å². The second-order valence-corrected chi connectivity index (χ2v) is 6.24. The lowest BCUT2D eigenvalue weighted by Crippen LogP contribution is -2.19. The summed E-state index contributed by atoms with van der Waals surface area (Å²) in [4.78, 5) is 19.7. The normalized spacial score (nSPS) is 13.4. The third kappa shape index (κ3) is 3.08. The predicted molar refractivity (Wildman–Crippen MR) is 89.9 cm³/mol. The number of fused-ring (bicyclic) bond motifs is 3. The maximum Gasteiger partial charge on any atom is 0.408 e. The number of imidazole rings is 1. The van der Waals surface area contributed by atoms with E-state index in [0.29, 0.717) is 29.4 Å². The number of carboxylic acids is 1. The molecule has 1 N–H and O–H groups in total. The minimum absolute atomic E-state index is 0.0139. The summed E-state index contributed by atoms with van der Waals surface area (Å²) < 4.78 is 46.7. The van der Waals surface area contributed by atoms with Crippen molar-refractivity contribution in [1.29, 1.82) is 0 Å². The highest BCUT2D eigenvalue weighted by Crippen LogP contribution is 2.36. The third-order valence-corrected chi connectivity index (χ3v) is 4.42. The summed E-state index contributed by atoms with van der Waals surface area (Å²) in [7, 11) is 0.